The van der Waals surface area contributed by atoms with Crippen LogP contribution in [0.3, 0.4) is 0 Å². The molecule has 0 aliphatic carbocycles. The summed E-state index contributed by atoms with van der Waals surface area (Å²) in [4.78, 5) is 0. The van der Waals surface area contributed by atoms with Gasteiger partial charge in [-0.1, -0.05) is 59.7 Å². The molecule has 0 spiro atoms. The van der Waals surface area contributed by atoms with Crippen LogP contribution in [0.4, 0.5) is 0 Å². The van der Waals surface area contributed by atoms with Crippen molar-refractivity contribution in [3.05, 3.63) is 27.7 Å². The number of halogens is 1. The van der Waals surface area contributed by atoms with E-state index in [-0.39, 0.29) is 0 Å². The number of benzene rings is 1. The molecule has 1 aromatic rings. The minimum atomic E-state index is 0.961. The molecule has 0 atom stereocenters. The molecule has 0 amide bonds. The van der Waals surface area contributed by atoms with E-state index in [9.17, 15) is 0 Å². The van der Waals surface area contributed by atoms with Crippen LogP contribution in [-0.4, -0.2) is 7.85 Å². The Hall–Kier alpha value is -0.235. The zero-order valence-electron chi connectivity index (χ0n) is 10.4. The third-order valence-corrected chi connectivity index (χ3v) is 3.65. The molecular formula is C14H20BBr. The predicted octanol–water partition coefficient (Wildman–Crippen LogP) is 3.93. The van der Waals surface area contributed by atoms with Crippen molar-refractivity contribution < 1.29 is 0 Å². The van der Waals surface area contributed by atoms with E-state index in [2.05, 4.69) is 41.9 Å². The van der Waals surface area contributed by atoms with Crippen LogP contribution in [0.2, 0.25) is 0 Å². The highest BCUT2D eigenvalue weighted by atomic mass is 79.9. The number of hydrogen-bond donors (Lipinski definition) is 0. The van der Waals surface area contributed by atoms with E-state index in [0.29, 0.717) is 0 Å². The van der Waals surface area contributed by atoms with Crippen LogP contribution >= 0.6 is 15.9 Å². The molecule has 0 saturated carbocycles. The molecule has 0 nitrogen and oxygen atoms in total. The first-order valence-corrected chi connectivity index (χ1v) is 7.05. The van der Waals surface area contributed by atoms with Crippen LogP contribution in [0.5, 0.6) is 0 Å². The molecule has 0 unspecified atom stereocenters. The molecule has 16 heavy (non-hydrogen) atoms. The van der Waals surface area contributed by atoms with E-state index in [1.165, 1.54) is 41.3 Å². The topological polar surface area (TPSA) is 0 Å². The summed E-state index contributed by atoms with van der Waals surface area (Å²) >= 11 is 3.65. The lowest BCUT2D eigenvalue weighted by molar-refractivity contribution is 0.786. The lowest BCUT2D eigenvalue weighted by atomic mass is 9.86. The van der Waals surface area contributed by atoms with Gasteiger partial charge in [0.1, 0.15) is 7.85 Å². The molecule has 0 aliphatic rings. The molecule has 1 aromatic carbocycles. The van der Waals surface area contributed by atoms with Gasteiger partial charge in [-0.3, -0.25) is 0 Å². The summed E-state index contributed by atoms with van der Waals surface area (Å²) in [6.45, 7) is 4.42. The molecule has 0 fully saturated rings. The fourth-order valence-electron chi connectivity index (χ4n) is 1.82. The van der Waals surface area contributed by atoms with Crippen LogP contribution in [0.25, 0.3) is 0 Å². The maximum atomic E-state index is 6.08. The minimum Gasteiger partial charge on any atom is -0.0932 e. The minimum absolute atomic E-state index is 0.961. The Balaban J connectivity index is 2.79. The lowest BCUT2D eigenvalue weighted by Gasteiger charge is -2.11. The first kappa shape index (κ1) is 13.8. The SMILES string of the molecule is [B]c1cc(CCCC)c(Br)cc1CCCC. The summed E-state index contributed by atoms with van der Waals surface area (Å²) in [5.74, 6) is 0. The zero-order chi connectivity index (χ0) is 12.0. The normalized spacial score (nSPS) is 10.7. The third-order valence-electron chi connectivity index (χ3n) is 2.91. The summed E-state index contributed by atoms with van der Waals surface area (Å²) in [5, 5.41) is 0. The van der Waals surface area contributed by atoms with Gasteiger partial charge in [0.2, 0.25) is 0 Å². The van der Waals surface area contributed by atoms with Crippen molar-refractivity contribution in [3.63, 3.8) is 0 Å². The second kappa shape index (κ2) is 7.16. The standard InChI is InChI=1S/C14H20BBr/c1-3-5-7-11-10-14(16)12(8-6-4-2)9-13(11)15/h9-10H,3-8H2,1-2H3. The Bertz CT molecular complexity index is 300. The summed E-state index contributed by atoms with van der Waals surface area (Å²) in [7, 11) is 6.08. The highest BCUT2D eigenvalue weighted by Crippen LogP contribution is 2.20. The van der Waals surface area contributed by atoms with Gasteiger partial charge in [0.15, 0.2) is 0 Å². The quantitative estimate of drug-likeness (QED) is 0.692. The number of hydrogen-bond acceptors (Lipinski definition) is 0. The second-order valence-corrected chi connectivity index (χ2v) is 5.20. The fourth-order valence-corrected chi connectivity index (χ4v) is 2.41. The van der Waals surface area contributed by atoms with E-state index in [1.54, 1.807) is 0 Å². The maximum Gasteiger partial charge on any atom is 0.114 e. The van der Waals surface area contributed by atoms with E-state index in [0.717, 1.165) is 18.3 Å². The number of aryl methyl sites for hydroxylation is 2. The molecule has 0 bridgehead atoms. The Morgan fingerprint density at radius 1 is 1.00 bits per heavy atom. The molecule has 2 heteroatoms. The highest BCUT2D eigenvalue weighted by molar-refractivity contribution is 9.10. The van der Waals surface area contributed by atoms with Gasteiger partial charge >= 0.3 is 0 Å². The van der Waals surface area contributed by atoms with Crippen molar-refractivity contribution in [3.8, 4) is 0 Å². The molecule has 0 heterocycles. The molecular weight excluding hydrogens is 259 g/mol. The first-order chi connectivity index (χ1) is 7.69. The van der Waals surface area contributed by atoms with Gasteiger partial charge in [0, 0.05) is 4.47 Å². The van der Waals surface area contributed by atoms with Gasteiger partial charge in [-0.15, -0.1) is 0 Å². The zero-order valence-corrected chi connectivity index (χ0v) is 11.9. The van der Waals surface area contributed by atoms with Gasteiger partial charge in [0.05, 0.1) is 0 Å². The average Bonchev–Trinajstić information content (AvgIpc) is 2.28. The second-order valence-electron chi connectivity index (χ2n) is 4.35. The fraction of sp³-hybridized carbons (Fsp3) is 0.571. The molecule has 0 aromatic heterocycles. The van der Waals surface area contributed by atoms with E-state index in [4.69, 9.17) is 7.85 Å². The largest absolute Gasteiger partial charge is 0.114 e. The van der Waals surface area contributed by atoms with E-state index >= 15 is 0 Å². The summed E-state index contributed by atoms with van der Waals surface area (Å²) in [5.41, 5.74) is 3.59. The molecule has 86 valence electrons. The summed E-state index contributed by atoms with van der Waals surface area (Å²) in [6, 6.07) is 4.35. The van der Waals surface area contributed by atoms with Crippen LogP contribution in [0, 0.1) is 0 Å². The number of rotatable bonds is 6. The monoisotopic (exact) mass is 278 g/mol. The Morgan fingerprint density at radius 3 is 2.12 bits per heavy atom. The predicted molar refractivity (Wildman–Crippen MR) is 76.8 cm³/mol. The number of unbranched alkanes of at least 4 members (excludes halogenated alkanes) is 2. The van der Waals surface area contributed by atoms with Crippen molar-refractivity contribution in [1.82, 2.24) is 0 Å². The first-order valence-electron chi connectivity index (χ1n) is 6.25. The van der Waals surface area contributed by atoms with Crippen molar-refractivity contribution in [2.75, 3.05) is 0 Å². The van der Waals surface area contributed by atoms with Gasteiger partial charge in [-0.05, 0) is 37.3 Å². The Labute approximate surface area is 109 Å². The van der Waals surface area contributed by atoms with Crippen LogP contribution < -0.4 is 5.46 Å². The molecule has 2 radical (unpaired) electrons. The van der Waals surface area contributed by atoms with Crippen molar-refractivity contribution >= 4 is 29.2 Å². The maximum absolute atomic E-state index is 6.08. The van der Waals surface area contributed by atoms with Crippen LogP contribution in [0.1, 0.15) is 50.7 Å². The Kier molecular flexibility index (Phi) is 6.19. The van der Waals surface area contributed by atoms with E-state index < -0.39 is 0 Å². The van der Waals surface area contributed by atoms with Gasteiger partial charge < -0.3 is 0 Å². The summed E-state index contributed by atoms with van der Waals surface area (Å²) < 4.78 is 1.22. The molecule has 0 saturated heterocycles. The average molecular weight is 279 g/mol. The van der Waals surface area contributed by atoms with Crippen molar-refractivity contribution in [2.45, 2.75) is 52.4 Å². The Morgan fingerprint density at radius 2 is 1.56 bits per heavy atom. The highest BCUT2D eigenvalue weighted by Gasteiger charge is 2.04. The van der Waals surface area contributed by atoms with Crippen molar-refractivity contribution in [2.24, 2.45) is 0 Å². The van der Waals surface area contributed by atoms with E-state index in [1.807, 2.05) is 0 Å². The lowest BCUT2D eigenvalue weighted by Crippen LogP contribution is -2.12. The summed E-state index contributed by atoms with van der Waals surface area (Å²) in [6.07, 6.45) is 7.10. The van der Waals surface area contributed by atoms with Gasteiger partial charge in [0.25, 0.3) is 0 Å². The van der Waals surface area contributed by atoms with Crippen LogP contribution in [0.15, 0.2) is 16.6 Å². The van der Waals surface area contributed by atoms with Crippen molar-refractivity contribution in [1.29, 1.82) is 0 Å². The molecule has 0 N–H and O–H groups in total. The third kappa shape index (κ3) is 3.97. The smallest absolute Gasteiger partial charge is 0.0932 e. The molecule has 1 rings (SSSR count). The van der Waals surface area contributed by atoms with Crippen LogP contribution in [-0.2, 0) is 12.8 Å². The van der Waals surface area contributed by atoms with Gasteiger partial charge in [-0.25, -0.2) is 0 Å². The van der Waals surface area contributed by atoms with Gasteiger partial charge in [-0.2, -0.15) is 0 Å². The molecule has 0 aliphatic heterocycles.